The Labute approximate surface area is 175 Å². The molecular weight excluding hydrogens is 423 g/mol. The fourth-order valence-electron chi connectivity index (χ4n) is 2.68. The summed E-state index contributed by atoms with van der Waals surface area (Å²) in [5.41, 5.74) is 0.804. The topological polar surface area (TPSA) is 65.4 Å². The van der Waals surface area contributed by atoms with E-state index in [1.54, 1.807) is 19.1 Å². The van der Waals surface area contributed by atoms with Crippen molar-refractivity contribution < 1.29 is 27.4 Å². The predicted octanol–water partition coefficient (Wildman–Crippen LogP) is 4.98. The lowest BCUT2D eigenvalue weighted by Gasteiger charge is -2.12. The van der Waals surface area contributed by atoms with Crippen molar-refractivity contribution in [1.29, 1.82) is 0 Å². The van der Waals surface area contributed by atoms with Crippen molar-refractivity contribution in [3.63, 3.8) is 0 Å². The second kappa shape index (κ2) is 9.53. The molecule has 30 heavy (non-hydrogen) atoms. The maximum absolute atomic E-state index is 13.3. The highest BCUT2D eigenvalue weighted by Gasteiger charge is 2.17. The van der Waals surface area contributed by atoms with Crippen LogP contribution < -0.4 is 14.8 Å². The highest BCUT2D eigenvalue weighted by Crippen LogP contribution is 2.30. The normalized spacial score (nSPS) is 10.9. The summed E-state index contributed by atoms with van der Waals surface area (Å²) in [5, 5.41) is 6.93. The number of nitrogens with one attached hydrogen (secondary N) is 1. The number of hydrogen-bond donors (Lipinski definition) is 1. The van der Waals surface area contributed by atoms with E-state index in [1.807, 2.05) is 0 Å². The van der Waals surface area contributed by atoms with E-state index in [4.69, 9.17) is 16.3 Å². The van der Waals surface area contributed by atoms with Crippen LogP contribution in [-0.4, -0.2) is 28.9 Å². The third-order valence-electron chi connectivity index (χ3n) is 3.90. The first-order valence-electron chi connectivity index (χ1n) is 8.86. The average molecular weight is 440 g/mol. The zero-order valence-electron chi connectivity index (χ0n) is 15.7. The highest BCUT2D eigenvalue weighted by atomic mass is 35.5. The van der Waals surface area contributed by atoms with Crippen LogP contribution in [0.25, 0.3) is 0 Å². The van der Waals surface area contributed by atoms with E-state index < -0.39 is 12.5 Å². The molecule has 10 heteroatoms. The van der Waals surface area contributed by atoms with Crippen LogP contribution in [0.5, 0.6) is 11.5 Å². The molecule has 2 aromatic carbocycles. The van der Waals surface area contributed by atoms with Crippen LogP contribution in [0.3, 0.4) is 0 Å². The van der Waals surface area contributed by atoms with Gasteiger partial charge in [0.2, 0.25) is 0 Å². The molecule has 0 saturated carbocycles. The fourth-order valence-corrected chi connectivity index (χ4v) is 2.87. The van der Waals surface area contributed by atoms with Crippen LogP contribution >= 0.6 is 11.6 Å². The van der Waals surface area contributed by atoms with Crippen LogP contribution in [0.2, 0.25) is 5.02 Å². The molecule has 0 fully saturated rings. The summed E-state index contributed by atoms with van der Waals surface area (Å²) in [5.74, 6) is -1.01. The van der Waals surface area contributed by atoms with Crippen molar-refractivity contribution in [1.82, 2.24) is 9.78 Å². The van der Waals surface area contributed by atoms with Crippen molar-refractivity contribution in [2.45, 2.75) is 20.1 Å². The van der Waals surface area contributed by atoms with Crippen molar-refractivity contribution in [3.05, 3.63) is 70.6 Å². The number of carbonyl (C=O) groups is 1. The molecule has 0 aliphatic heterocycles. The van der Waals surface area contributed by atoms with Gasteiger partial charge in [-0.15, -0.1) is 0 Å². The molecule has 0 saturated heterocycles. The number of anilines is 1. The van der Waals surface area contributed by atoms with Crippen molar-refractivity contribution in [2.24, 2.45) is 0 Å². The quantitative estimate of drug-likeness (QED) is 0.538. The minimum atomic E-state index is -3.02. The molecule has 0 unspecified atom stereocenters. The summed E-state index contributed by atoms with van der Waals surface area (Å²) in [6.45, 7) is -0.906. The second-order valence-electron chi connectivity index (χ2n) is 6.08. The summed E-state index contributed by atoms with van der Waals surface area (Å²) in [4.78, 5) is 12.6. The second-order valence-corrected chi connectivity index (χ2v) is 6.49. The van der Waals surface area contributed by atoms with E-state index in [0.29, 0.717) is 5.56 Å². The maximum Gasteiger partial charge on any atom is 0.387 e. The third kappa shape index (κ3) is 5.44. The van der Waals surface area contributed by atoms with Crippen LogP contribution in [0.15, 0.2) is 48.7 Å². The molecule has 0 atom stereocenters. The van der Waals surface area contributed by atoms with Gasteiger partial charge in [0.1, 0.15) is 10.8 Å². The molecule has 0 spiro atoms. The van der Waals surface area contributed by atoms with Gasteiger partial charge in [-0.25, -0.2) is 4.39 Å². The first kappa shape index (κ1) is 21.5. The van der Waals surface area contributed by atoms with Gasteiger partial charge in [0.25, 0.3) is 5.91 Å². The number of benzene rings is 2. The third-order valence-corrected chi connectivity index (χ3v) is 4.18. The minimum Gasteiger partial charge on any atom is -0.490 e. The van der Waals surface area contributed by atoms with Crippen LogP contribution in [0.1, 0.15) is 22.8 Å². The number of halogens is 4. The Hall–Kier alpha value is -3.20. The molecule has 1 amide bonds. The van der Waals surface area contributed by atoms with E-state index in [-0.39, 0.29) is 46.9 Å². The van der Waals surface area contributed by atoms with Gasteiger partial charge in [-0.05, 0) is 42.8 Å². The Morgan fingerprint density at radius 2 is 2.03 bits per heavy atom. The molecule has 3 aromatic rings. The lowest BCUT2D eigenvalue weighted by Crippen LogP contribution is -2.14. The number of rotatable bonds is 8. The Morgan fingerprint density at radius 3 is 2.73 bits per heavy atom. The fraction of sp³-hybridized carbons (Fsp3) is 0.200. The van der Waals surface area contributed by atoms with Crippen molar-refractivity contribution >= 4 is 23.3 Å². The number of nitrogens with zero attached hydrogens (tertiary/aromatic N) is 2. The summed E-state index contributed by atoms with van der Waals surface area (Å²) in [7, 11) is 0. The molecule has 158 valence electrons. The van der Waals surface area contributed by atoms with Crippen LogP contribution in [0, 0.1) is 5.82 Å². The van der Waals surface area contributed by atoms with Crippen LogP contribution in [-0.2, 0) is 6.54 Å². The number of aromatic nitrogens is 2. The van der Waals surface area contributed by atoms with Crippen molar-refractivity contribution in [2.75, 3.05) is 11.9 Å². The smallest absolute Gasteiger partial charge is 0.387 e. The largest absolute Gasteiger partial charge is 0.490 e. The summed E-state index contributed by atoms with van der Waals surface area (Å²) < 4.78 is 49.5. The monoisotopic (exact) mass is 439 g/mol. The van der Waals surface area contributed by atoms with Gasteiger partial charge < -0.3 is 14.8 Å². The van der Waals surface area contributed by atoms with Gasteiger partial charge in [-0.1, -0.05) is 23.7 Å². The van der Waals surface area contributed by atoms with Gasteiger partial charge >= 0.3 is 6.61 Å². The first-order valence-corrected chi connectivity index (χ1v) is 9.24. The van der Waals surface area contributed by atoms with E-state index in [2.05, 4.69) is 15.2 Å². The Bertz CT molecular complexity index is 1040. The Balaban J connectivity index is 1.75. The van der Waals surface area contributed by atoms with Gasteiger partial charge in [-0.3, -0.25) is 9.48 Å². The number of hydrogen-bond acceptors (Lipinski definition) is 4. The molecule has 6 nitrogen and oxygen atoms in total. The molecule has 3 rings (SSSR count). The standard InChI is InChI=1S/C20H17ClF3N3O3/c1-2-29-17-9-13(6-7-16(17)30-20(23)24)19(28)25-18-15(21)11-27(26-18)10-12-4-3-5-14(22)8-12/h3-9,11,20H,2,10H2,1H3,(H,25,26,28). The predicted molar refractivity (Wildman–Crippen MR) is 105 cm³/mol. The molecule has 0 bridgehead atoms. The van der Waals surface area contributed by atoms with Crippen molar-refractivity contribution in [3.8, 4) is 11.5 Å². The summed E-state index contributed by atoms with van der Waals surface area (Å²) >= 11 is 6.14. The average Bonchev–Trinajstić information content (AvgIpc) is 3.01. The zero-order valence-corrected chi connectivity index (χ0v) is 16.5. The Morgan fingerprint density at radius 1 is 1.23 bits per heavy atom. The molecule has 0 aliphatic rings. The maximum atomic E-state index is 13.3. The van der Waals surface area contributed by atoms with E-state index in [9.17, 15) is 18.0 Å². The lowest BCUT2D eigenvalue weighted by atomic mass is 10.2. The van der Waals surface area contributed by atoms with Gasteiger partial charge in [0.15, 0.2) is 17.3 Å². The molecule has 0 aliphatic carbocycles. The van der Waals surface area contributed by atoms with E-state index >= 15 is 0 Å². The Kier molecular flexibility index (Phi) is 6.83. The zero-order chi connectivity index (χ0) is 21.7. The van der Waals surface area contributed by atoms with E-state index in [1.165, 1.54) is 41.2 Å². The lowest BCUT2D eigenvalue weighted by molar-refractivity contribution is -0.0514. The van der Waals surface area contributed by atoms with E-state index in [0.717, 1.165) is 0 Å². The molecular formula is C20H17ClF3N3O3. The molecule has 0 radical (unpaired) electrons. The minimum absolute atomic E-state index is 0.00757. The highest BCUT2D eigenvalue weighted by molar-refractivity contribution is 6.33. The summed E-state index contributed by atoms with van der Waals surface area (Å²) in [6.07, 6.45) is 1.49. The number of amides is 1. The summed E-state index contributed by atoms with van der Waals surface area (Å²) in [6, 6.07) is 9.83. The SMILES string of the molecule is CCOc1cc(C(=O)Nc2nn(Cc3cccc(F)c3)cc2Cl)ccc1OC(F)F. The number of carbonyl (C=O) groups excluding carboxylic acids is 1. The van der Waals surface area contributed by atoms with Gasteiger partial charge in [-0.2, -0.15) is 13.9 Å². The number of alkyl halides is 2. The molecule has 1 N–H and O–H groups in total. The first-order chi connectivity index (χ1) is 14.4. The molecule has 1 aromatic heterocycles. The van der Waals surface area contributed by atoms with Crippen LogP contribution in [0.4, 0.5) is 19.0 Å². The molecule has 1 heterocycles. The number of ether oxygens (including phenoxy) is 2. The van der Waals surface area contributed by atoms with Gasteiger partial charge in [0.05, 0.1) is 13.2 Å². The van der Waals surface area contributed by atoms with Gasteiger partial charge in [0, 0.05) is 11.8 Å².